The summed E-state index contributed by atoms with van der Waals surface area (Å²) in [5.74, 6) is 2.20. The van der Waals surface area contributed by atoms with Crippen molar-refractivity contribution in [2.45, 2.75) is 26.3 Å². The molecule has 0 spiro atoms. The van der Waals surface area contributed by atoms with Crippen LogP contribution in [0.1, 0.15) is 35.2 Å². The van der Waals surface area contributed by atoms with Gasteiger partial charge in [-0.3, -0.25) is 9.36 Å². The van der Waals surface area contributed by atoms with E-state index in [0.29, 0.717) is 29.8 Å². The van der Waals surface area contributed by atoms with Crippen LogP contribution in [0.25, 0.3) is 17.3 Å². The largest absolute Gasteiger partial charge is 0.497 e. The summed E-state index contributed by atoms with van der Waals surface area (Å²) in [6, 6.07) is 11.1. The second-order valence-electron chi connectivity index (χ2n) is 6.87. The van der Waals surface area contributed by atoms with E-state index in [2.05, 4.69) is 32.3 Å². The van der Waals surface area contributed by atoms with Gasteiger partial charge >= 0.3 is 0 Å². The minimum absolute atomic E-state index is 0.271. The van der Waals surface area contributed by atoms with Crippen LogP contribution >= 0.6 is 0 Å². The lowest BCUT2D eigenvalue weighted by Crippen LogP contribution is -2.23. The van der Waals surface area contributed by atoms with Gasteiger partial charge in [-0.25, -0.2) is 9.97 Å². The Morgan fingerprint density at radius 2 is 2.03 bits per heavy atom. The molecule has 0 radical (unpaired) electrons. The highest BCUT2D eigenvalue weighted by Gasteiger charge is 2.13. The Bertz CT molecular complexity index is 1170. The third-order valence-electron chi connectivity index (χ3n) is 4.63. The van der Waals surface area contributed by atoms with Gasteiger partial charge < -0.3 is 14.6 Å². The highest BCUT2D eigenvalue weighted by atomic mass is 16.5. The number of ether oxygens (including phenoxy) is 1. The number of aromatic nitrogens is 5. The maximum Gasteiger partial charge on any atom is 0.271 e. The van der Waals surface area contributed by atoms with Gasteiger partial charge in [-0.15, -0.1) is 0 Å². The highest BCUT2D eigenvalue weighted by molar-refractivity contribution is 5.92. The molecule has 9 nitrogen and oxygen atoms in total. The van der Waals surface area contributed by atoms with Crippen molar-refractivity contribution in [2.75, 3.05) is 7.11 Å². The summed E-state index contributed by atoms with van der Waals surface area (Å²) < 4.78 is 12.2. The monoisotopic (exact) mass is 418 g/mol. The fourth-order valence-corrected chi connectivity index (χ4v) is 2.97. The van der Waals surface area contributed by atoms with Crippen LogP contribution in [-0.2, 0) is 13.0 Å². The molecular formula is C22H22N6O3. The van der Waals surface area contributed by atoms with E-state index in [4.69, 9.17) is 9.26 Å². The average Bonchev–Trinajstić information content (AvgIpc) is 3.48. The Balaban J connectivity index is 1.44. The van der Waals surface area contributed by atoms with Gasteiger partial charge in [0.1, 0.15) is 23.6 Å². The van der Waals surface area contributed by atoms with Gasteiger partial charge in [0.15, 0.2) is 5.82 Å². The van der Waals surface area contributed by atoms with Crippen molar-refractivity contribution in [2.24, 2.45) is 0 Å². The first-order valence-corrected chi connectivity index (χ1v) is 9.90. The third kappa shape index (κ3) is 4.77. The summed E-state index contributed by atoms with van der Waals surface area (Å²) in [6.07, 6.45) is 6.53. The smallest absolute Gasteiger partial charge is 0.271 e. The summed E-state index contributed by atoms with van der Waals surface area (Å²) in [6.45, 7) is 2.45. The molecule has 3 heterocycles. The molecule has 0 aliphatic carbocycles. The van der Waals surface area contributed by atoms with Gasteiger partial charge in [-0.1, -0.05) is 24.2 Å². The fraction of sp³-hybridized carbons (Fsp3) is 0.227. The first-order valence-electron chi connectivity index (χ1n) is 9.90. The molecule has 9 heteroatoms. The van der Waals surface area contributed by atoms with E-state index < -0.39 is 0 Å². The molecule has 0 saturated heterocycles. The average molecular weight is 418 g/mol. The first-order chi connectivity index (χ1) is 15.2. The lowest BCUT2D eigenvalue weighted by atomic mass is 10.2. The van der Waals surface area contributed by atoms with Crippen LogP contribution in [0.4, 0.5) is 0 Å². The number of pyridine rings is 1. The van der Waals surface area contributed by atoms with Gasteiger partial charge in [0.05, 0.1) is 7.11 Å². The van der Waals surface area contributed by atoms with E-state index >= 15 is 0 Å². The molecule has 31 heavy (non-hydrogen) atoms. The van der Waals surface area contributed by atoms with E-state index in [0.717, 1.165) is 29.7 Å². The van der Waals surface area contributed by atoms with Crippen molar-refractivity contribution >= 4 is 5.91 Å². The van der Waals surface area contributed by atoms with E-state index in [-0.39, 0.29) is 5.91 Å². The van der Waals surface area contributed by atoms with Crippen LogP contribution in [0.3, 0.4) is 0 Å². The lowest BCUT2D eigenvalue weighted by molar-refractivity contribution is 0.0946. The summed E-state index contributed by atoms with van der Waals surface area (Å²) in [7, 11) is 1.61. The topological polar surface area (TPSA) is 108 Å². The predicted octanol–water partition coefficient (Wildman–Crippen LogP) is 3.21. The first kappa shape index (κ1) is 20.3. The molecule has 3 aromatic heterocycles. The van der Waals surface area contributed by atoms with Crippen molar-refractivity contribution in [3.05, 3.63) is 72.2 Å². The van der Waals surface area contributed by atoms with Crippen molar-refractivity contribution in [3.63, 3.8) is 0 Å². The SMILES string of the molecule is CCCc1noc(-c2ccnc(-n3cnc(C(=O)NCc4ccc(OC)cc4)c3)c2)n1. The number of nitrogens with zero attached hydrogens (tertiary/aromatic N) is 5. The van der Waals surface area contributed by atoms with E-state index in [1.807, 2.05) is 30.3 Å². The summed E-state index contributed by atoms with van der Waals surface area (Å²) in [5, 5.41) is 6.84. The number of aryl methyl sites for hydroxylation is 1. The Morgan fingerprint density at radius 3 is 2.81 bits per heavy atom. The molecule has 4 aromatic rings. The number of carbonyl (C=O) groups is 1. The van der Waals surface area contributed by atoms with E-state index in [1.54, 1.807) is 36.5 Å². The maximum absolute atomic E-state index is 12.5. The standard InChI is InChI=1S/C22H22N6O3/c1-3-4-19-26-22(31-27-19)16-9-10-23-20(11-16)28-13-18(25-14-28)21(29)24-12-15-5-7-17(30-2)8-6-15/h5-11,13-14H,3-4,12H2,1-2H3,(H,24,29). The van der Waals surface area contributed by atoms with Crippen molar-refractivity contribution in [3.8, 4) is 23.0 Å². The molecule has 0 saturated carbocycles. The van der Waals surface area contributed by atoms with Crippen molar-refractivity contribution in [1.29, 1.82) is 0 Å². The number of imidazole rings is 1. The van der Waals surface area contributed by atoms with E-state index in [9.17, 15) is 4.79 Å². The number of hydrogen-bond donors (Lipinski definition) is 1. The number of nitrogens with one attached hydrogen (secondary N) is 1. The zero-order valence-electron chi connectivity index (χ0n) is 17.3. The van der Waals surface area contributed by atoms with Gasteiger partial charge in [0, 0.05) is 30.9 Å². The zero-order chi connectivity index (χ0) is 21.6. The lowest BCUT2D eigenvalue weighted by Gasteiger charge is -2.05. The Labute approximate surface area is 179 Å². The minimum atomic E-state index is -0.271. The Kier molecular flexibility index (Phi) is 6.02. The number of rotatable bonds is 8. The van der Waals surface area contributed by atoms with E-state index in [1.165, 1.54) is 0 Å². The van der Waals surface area contributed by atoms with Crippen molar-refractivity contribution < 1.29 is 14.1 Å². The molecule has 0 bridgehead atoms. The van der Waals surface area contributed by atoms with Crippen LogP contribution in [0, 0.1) is 0 Å². The number of amides is 1. The van der Waals surface area contributed by atoms with Gasteiger partial charge in [0.25, 0.3) is 11.8 Å². The van der Waals surface area contributed by atoms with Gasteiger partial charge in [-0.05, 0) is 36.2 Å². The minimum Gasteiger partial charge on any atom is -0.497 e. The Hall–Kier alpha value is -4.01. The molecule has 158 valence electrons. The van der Waals surface area contributed by atoms with Crippen LogP contribution in [0.2, 0.25) is 0 Å². The molecule has 0 unspecified atom stereocenters. The molecule has 0 fully saturated rings. The fourth-order valence-electron chi connectivity index (χ4n) is 2.97. The number of carbonyl (C=O) groups excluding carboxylic acids is 1. The molecule has 1 amide bonds. The summed E-state index contributed by atoms with van der Waals surface area (Å²) >= 11 is 0. The molecule has 4 rings (SSSR count). The van der Waals surface area contributed by atoms with Crippen molar-refractivity contribution in [1.82, 2.24) is 30.0 Å². The van der Waals surface area contributed by atoms with Crippen LogP contribution in [-0.4, -0.2) is 37.7 Å². The molecule has 0 aliphatic rings. The molecule has 1 N–H and O–H groups in total. The second kappa shape index (κ2) is 9.21. The number of methoxy groups -OCH3 is 1. The maximum atomic E-state index is 12.5. The van der Waals surface area contributed by atoms with Crippen LogP contribution < -0.4 is 10.1 Å². The highest BCUT2D eigenvalue weighted by Crippen LogP contribution is 2.19. The van der Waals surface area contributed by atoms with Gasteiger partial charge in [-0.2, -0.15) is 4.98 Å². The molecule has 0 aliphatic heterocycles. The quantitative estimate of drug-likeness (QED) is 0.468. The molecule has 1 aromatic carbocycles. The zero-order valence-corrected chi connectivity index (χ0v) is 17.3. The predicted molar refractivity (Wildman–Crippen MR) is 113 cm³/mol. The number of benzene rings is 1. The third-order valence-corrected chi connectivity index (χ3v) is 4.63. The second-order valence-corrected chi connectivity index (χ2v) is 6.87. The molecular weight excluding hydrogens is 396 g/mol. The normalized spacial score (nSPS) is 10.8. The van der Waals surface area contributed by atoms with Crippen LogP contribution in [0.15, 0.2) is 59.6 Å². The van der Waals surface area contributed by atoms with Gasteiger partial charge in [0.2, 0.25) is 0 Å². The summed E-state index contributed by atoms with van der Waals surface area (Å²) in [5.41, 5.74) is 2.01. The van der Waals surface area contributed by atoms with Crippen LogP contribution in [0.5, 0.6) is 5.75 Å². The summed E-state index contributed by atoms with van der Waals surface area (Å²) in [4.78, 5) is 25.4. The molecule has 0 atom stereocenters. The Morgan fingerprint density at radius 1 is 1.19 bits per heavy atom. The number of hydrogen-bond acceptors (Lipinski definition) is 7.